The maximum atomic E-state index is 14.6. The van der Waals surface area contributed by atoms with Crippen molar-refractivity contribution in [3.05, 3.63) is 80.5 Å². The van der Waals surface area contributed by atoms with Crippen LogP contribution < -0.4 is 5.43 Å². The van der Waals surface area contributed by atoms with Crippen molar-refractivity contribution in [1.29, 1.82) is 0 Å². The van der Waals surface area contributed by atoms with Crippen LogP contribution in [0.2, 0.25) is 0 Å². The third-order valence-electron chi connectivity index (χ3n) is 5.13. The summed E-state index contributed by atoms with van der Waals surface area (Å²) in [6.45, 7) is 4.20. The molecule has 1 aliphatic heterocycles. The van der Waals surface area contributed by atoms with Gasteiger partial charge in [0.2, 0.25) is 5.76 Å². The minimum absolute atomic E-state index is 0.0196. The largest absolute Gasteiger partial charge is 0.450 e. The Morgan fingerprint density at radius 2 is 1.93 bits per heavy atom. The monoisotopic (exact) mass is 381 g/mol. The molecular weight excluding hydrogens is 361 g/mol. The number of halogens is 1. The first kappa shape index (κ1) is 18.4. The summed E-state index contributed by atoms with van der Waals surface area (Å²) in [6.07, 6.45) is 0. The molecule has 1 amide bonds. The van der Waals surface area contributed by atoms with Crippen LogP contribution in [-0.4, -0.2) is 31.1 Å². The van der Waals surface area contributed by atoms with Crippen molar-refractivity contribution >= 4 is 16.9 Å². The van der Waals surface area contributed by atoms with Crippen LogP contribution in [0.4, 0.5) is 4.39 Å². The summed E-state index contributed by atoms with van der Waals surface area (Å²) in [5.74, 6) is -0.927. The zero-order chi connectivity index (χ0) is 20.0. The second-order valence-electron chi connectivity index (χ2n) is 7.05. The molecule has 1 unspecified atom stereocenters. The Morgan fingerprint density at radius 3 is 2.64 bits per heavy atom. The molecule has 1 atom stereocenters. The molecule has 28 heavy (non-hydrogen) atoms. The van der Waals surface area contributed by atoms with Gasteiger partial charge in [0.15, 0.2) is 5.43 Å². The summed E-state index contributed by atoms with van der Waals surface area (Å²) >= 11 is 0. The normalized spacial score (nSPS) is 16.1. The number of benzene rings is 2. The fourth-order valence-electron chi connectivity index (χ4n) is 3.91. The fourth-order valence-corrected chi connectivity index (χ4v) is 3.91. The number of fused-ring (bicyclic) bond motifs is 2. The SMILES string of the molecule is COCCN1C(=O)c2oc3c(C)cc(C)cc3c(=O)c2C1c1ccccc1F. The molecule has 0 spiro atoms. The number of rotatable bonds is 4. The molecule has 144 valence electrons. The number of nitrogens with zero attached hydrogens (tertiary/aromatic N) is 1. The number of amides is 1. The number of hydrogen-bond acceptors (Lipinski definition) is 4. The van der Waals surface area contributed by atoms with E-state index in [1.54, 1.807) is 24.3 Å². The summed E-state index contributed by atoms with van der Waals surface area (Å²) < 4.78 is 25.7. The van der Waals surface area contributed by atoms with Crippen molar-refractivity contribution in [2.75, 3.05) is 20.3 Å². The van der Waals surface area contributed by atoms with Crippen LogP contribution in [0.5, 0.6) is 0 Å². The Balaban J connectivity index is 2.03. The molecule has 0 N–H and O–H groups in total. The lowest BCUT2D eigenvalue weighted by Gasteiger charge is -2.25. The second kappa shape index (κ2) is 6.87. The molecule has 2 heterocycles. The third kappa shape index (κ3) is 2.72. The van der Waals surface area contributed by atoms with Gasteiger partial charge in [-0.15, -0.1) is 0 Å². The molecule has 0 radical (unpaired) electrons. The van der Waals surface area contributed by atoms with Crippen molar-refractivity contribution in [2.45, 2.75) is 19.9 Å². The first-order valence-electron chi connectivity index (χ1n) is 9.06. The van der Waals surface area contributed by atoms with Crippen molar-refractivity contribution in [2.24, 2.45) is 0 Å². The van der Waals surface area contributed by atoms with E-state index in [0.717, 1.165) is 11.1 Å². The first-order valence-corrected chi connectivity index (χ1v) is 9.06. The molecular formula is C22H20FNO4. The number of hydrogen-bond donors (Lipinski definition) is 0. The maximum absolute atomic E-state index is 14.6. The molecule has 0 saturated heterocycles. The van der Waals surface area contributed by atoms with E-state index >= 15 is 0 Å². The highest BCUT2D eigenvalue weighted by Crippen LogP contribution is 2.39. The molecule has 0 aliphatic carbocycles. The molecule has 2 aromatic carbocycles. The molecule has 3 aromatic rings. The minimum Gasteiger partial charge on any atom is -0.450 e. The summed E-state index contributed by atoms with van der Waals surface area (Å²) in [7, 11) is 1.52. The van der Waals surface area contributed by atoms with Crippen molar-refractivity contribution in [3.63, 3.8) is 0 Å². The number of carbonyl (C=O) groups is 1. The van der Waals surface area contributed by atoms with E-state index < -0.39 is 17.8 Å². The van der Waals surface area contributed by atoms with Crippen LogP contribution >= 0.6 is 0 Å². The lowest BCUT2D eigenvalue weighted by Crippen LogP contribution is -2.33. The predicted octanol–water partition coefficient (Wildman–Crippen LogP) is 3.74. The zero-order valence-electron chi connectivity index (χ0n) is 15.9. The van der Waals surface area contributed by atoms with Crippen LogP contribution in [0.15, 0.2) is 45.6 Å². The van der Waals surface area contributed by atoms with Crippen LogP contribution in [0, 0.1) is 19.7 Å². The quantitative estimate of drug-likeness (QED) is 0.691. The number of carbonyl (C=O) groups excluding carboxylic acids is 1. The lowest BCUT2D eigenvalue weighted by atomic mass is 9.97. The Kier molecular flexibility index (Phi) is 4.51. The van der Waals surface area contributed by atoms with Gasteiger partial charge in [-0.25, -0.2) is 4.39 Å². The van der Waals surface area contributed by atoms with Crippen molar-refractivity contribution in [3.8, 4) is 0 Å². The number of ether oxygens (including phenoxy) is 1. The van der Waals surface area contributed by atoms with Gasteiger partial charge < -0.3 is 14.1 Å². The molecule has 6 heteroatoms. The summed E-state index contributed by atoms with van der Waals surface area (Å²) in [6, 6.07) is 8.97. The minimum atomic E-state index is -0.847. The smallest absolute Gasteiger partial charge is 0.290 e. The predicted molar refractivity (Wildman–Crippen MR) is 103 cm³/mol. The first-order chi connectivity index (χ1) is 13.4. The van der Waals surface area contributed by atoms with E-state index in [2.05, 4.69) is 0 Å². The maximum Gasteiger partial charge on any atom is 0.290 e. The third-order valence-corrected chi connectivity index (χ3v) is 5.13. The van der Waals surface area contributed by atoms with E-state index in [4.69, 9.17) is 9.15 Å². The van der Waals surface area contributed by atoms with Crippen LogP contribution in [-0.2, 0) is 4.74 Å². The Bertz CT molecular complexity index is 1150. The van der Waals surface area contributed by atoms with Gasteiger partial charge in [0, 0.05) is 19.2 Å². The van der Waals surface area contributed by atoms with E-state index in [9.17, 15) is 14.0 Å². The lowest BCUT2D eigenvalue weighted by molar-refractivity contribution is 0.0661. The number of methoxy groups -OCH3 is 1. The van der Waals surface area contributed by atoms with Gasteiger partial charge in [0.25, 0.3) is 5.91 Å². The summed E-state index contributed by atoms with van der Waals surface area (Å²) in [5, 5.41) is 0.402. The van der Waals surface area contributed by atoms with Gasteiger partial charge in [0.05, 0.1) is 23.6 Å². The summed E-state index contributed by atoms with van der Waals surface area (Å²) in [4.78, 5) is 27.9. The highest BCUT2D eigenvalue weighted by atomic mass is 19.1. The van der Waals surface area contributed by atoms with Crippen molar-refractivity contribution < 1.29 is 18.3 Å². The van der Waals surface area contributed by atoms with E-state index in [0.29, 0.717) is 11.0 Å². The summed E-state index contributed by atoms with van der Waals surface area (Å²) in [5.41, 5.74) is 2.24. The average molecular weight is 381 g/mol. The van der Waals surface area contributed by atoms with Gasteiger partial charge in [-0.1, -0.05) is 24.3 Å². The molecule has 5 nitrogen and oxygen atoms in total. The molecule has 4 rings (SSSR count). The Labute approximate surface area is 161 Å². The molecule has 0 fully saturated rings. The Hall–Kier alpha value is -2.99. The molecule has 1 aromatic heterocycles. The molecule has 1 aliphatic rings. The van der Waals surface area contributed by atoms with Gasteiger partial charge in [-0.2, -0.15) is 0 Å². The van der Waals surface area contributed by atoms with E-state index in [-0.39, 0.29) is 35.5 Å². The van der Waals surface area contributed by atoms with Crippen LogP contribution in [0.1, 0.15) is 38.9 Å². The highest BCUT2D eigenvalue weighted by Gasteiger charge is 2.43. The highest BCUT2D eigenvalue weighted by molar-refractivity contribution is 5.99. The fraction of sp³-hybridized carbons (Fsp3) is 0.273. The van der Waals surface area contributed by atoms with Crippen LogP contribution in [0.3, 0.4) is 0 Å². The standard InChI is InChI=1S/C22H20FNO4/c1-12-10-13(2)20-15(11-12)19(25)17-18(14-6-4-5-7-16(14)23)24(8-9-27-3)22(26)21(17)28-20/h4-7,10-11,18H,8-9H2,1-3H3. The molecule has 0 bridgehead atoms. The second-order valence-corrected chi connectivity index (χ2v) is 7.05. The van der Waals surface area contributed by atoms with Gasteiger partial charge in [-0.3, -0.25) is 9.59 Å². The average Bonchev–Trinajstić information content (AvgIpc) is 2.94. The van der Waals surface area contributed by atoms with E-state index in [1.807, 2.05) is 19.9 Å². The van der Waals surface area contributed by atoms with Crippen LogP contribution in [0.25, 0.3) is 11.0 Å². The number of aryl methyl sites for hydroxylation is 2. The topological polar surface area (TPSA) is 59.8 Å². The van der Waals surface area contributed by atoms with Gasteiger partial charge >= 0.3 is 0 Å². The zero-order valence-corrected chi connectivity index (χ0v) is 15.9. The molecule has 0 saturated carbocycles. The van der Waals surface area contributed by atoms with Gasteiger partial charge in [-0.05, 0) is 37.1 Å². The van der Waals surface area contributed by atoms with E-state index in [1.165, 1.54) is 18.1 Å². The van der Waals surface area contributed by atoms with Gasteiger partial charge in [0.1, 0.15) is 11.4 Å². The van der Waals surface area contributed by atoms with Crippen molar-refractivity contribution in [1.82, 2.24) is 4.90 Å². The Morgan fingerprint density at radius 1 is 1.18 bits per heavy atom.